The van der Waals surface area contributed by atoms with Gasteiger partial charge in [0.15, 0.2) is 0 Å². The van der Waals surface area contributed by atoms with Gasteiger partial charge in [0.05, 0.1) is 6.04 Å². The van der Waals surface area contributed by atoms with Crippen LogP contribution in [-0.4, -0.2) is 10.1 Å². The van der Waals surface area contributed by atoms with E-state index in [-0.39, 0.29) is 6.04 Å². The Kier molecular flexibility index (Phi) is 3.08. The summed E-state index contributed by atoms with van der Waals surface area (Å²) in [6, 6.07) is 8.30. The highest BCUT2D eigenvalue weighted by Gasteiger charge is 2.32. The first kappa shape index (κ1) is 12.9. The number of anilines is 1. The monoisotopic (exact) mass is 272 g/mol. The molecular weight excluding hydrogens is 255 g/mol. The number of nitrogens with one attached hydrogen (secondary N) is 1. The summed E-state index contributed by atoms with van der Waals surface area (Å²) in [6.45, 7) is 4.20. The summed E-state index contributed by atoms with van der Waals surface area (Å²) < 4.78 is 13.2. The molecule has 2 aromatic rings. The number of aromatic hydroxyl groups is 1. The average Bonchev–Trinajstić information content (AvgIpc) is 2.72. The molecule has 2 N–H and O–H groups in total. The van der Waals surface area contributed by atoms with Crippen LogP contribution in [0.1, 0.15) is 42.0 Å². The van der Waals surface area contributed by atoms with Crippen molar-refractivity contribution in [2.24, 2.45) is 0 Å². The summed E-state index contributed by atoms with van der Waals surface area (Å²) in [6.07, 6.45) is 0.867. The minimum Gasteiger partial charge on any atom is -0.508 e. The van der Waals surface area contributed by atoms with Crippen molar-refractivity contribution in [3.8, 4) is 5.75 Å². The number of aryl methyl sites for hydroxylation is 1. The van der Waals surface area contributed by atoms with Gasteiger partial charge in [-0.1, -0.05) is 19.1 Å². The van der Waals surface area contributed by atoms with Crippen LogP contribution in [0.3, 0.4) is 0 Å². The second-order valence-corrected chi connectivity index (χ2v) is 5.41. The lowest BCUT2D eigenvalue weighted by Gasteiger charge is -2.16. The molecule has 1 aromatic heterocycles. The van der Waals surface area contributed by atoms with E-state index in [2.05, 4.69) is 24.1 Å². The van der Waals surface area contributed by atoms with Gasteiger partial charge in [-0.25, -0.2) is 4.98 Å². The first-order chi connectivity index (χ1) is 9.56. The van der Waals surface area contributed by atoms with Crippen LogP contribution in [0.25, 0.3) is 0 Å². The van der Waals surface area contributed by atoms with Crippen LogP contribution in [0.15, 0.2) is 30.3 Å². The summed E-state index contributed by atoms with van der Waals surface area (Å²) in [4.78, 5) is 3.83. The number of rotatable bonds is 2. The van der Waals surface area contributed by atoms with E-state index in [1.54, 1.807) is 18.2 Å². The van der Waals surface area contributed by atoms with E-state index >= 15 is 0 Å². The van der Waals surface area contributed by atoms with Gasteiger partial charge in [0.1, 0.15) is 11.6 Å². The first-order valence-corrected chi connectivity index (χ1v) is 6.77. The van der Waals surface area contributed by atoms with E-state index in [9.17, 15) is 9.50 Å². The van der Waals surface area contributed by atoms with Gasteiger partial charge < -0.3 is 10.4 Å². The third kappa shape index (κ3) is 2.11. The molecule has 4 heteroatoms. The predicted octanol–water partition coefficient (Wildman–Crippen LogP) is 3.90. The van der Waals surface area contributed by atoms with E-state index in [0.29, 0.717) is 17.5 Å². The number of fused-ring (bicyclic) bond motifs is 1. The fourth-order valence-corrected chi connectivity index (χ4v) is 3.14. The molecule has 2 atom stereocenters. The summed E-state index contributed by atoms with van der Waals surface area (Å²) in [5.41, 5.74) is 3.30. The number of hydrogen-bond donors (Lipinski definition) is 2. The van der Waals surface area contributed by atoms with Crippen LogP contribution < -0.4 is 5.32 Å². The second-order valence-electron chi connectivity index (χ2n) is 5.41. The molecule has 0 saturated carbocycles. The molecule has 1 aliphatic carbocycles. The highest BCUT2D eigenvalue weighted by molar-refractivity contribution is 5.54. The third-order valence-corrected chi connectivity index (χ3v) is 3.95. The average molecular weight is 272 g/mol. The van der Waals surface area contributed by atoms with Crippen LogP contribution in [-0.2, 0) is 0 Å². The second kappa shape index (κ2) is 4.78. The standard InChI is InChI=1S/C16H17FN2O/c1-9-6-7-12(20)16-11(8-10(2)15(9)16)18-14-5-3-4-13(17)19-14/h3-7,10-11,20H,8H2,1-2H3,(H,18,19). The van der Waals surface area contributed by atoms with Crippen molar-refractivity contribution >= 4 is 5.82 Å². The largest absolute Gasteiger partial charge is 0.508 e. The van der Waals surface area contributed by atoms with Crippen LogP contribution in [0.2, 0.25) is 0 Å². The number of phenols is 1. The fraction of sp³-hybridized carbons (Fsp3) is 0.312. The molecule has 1 heterocycles. The van der Waals surface area contributed by atoms with Crippen LogP contribution >= 0.6 is 0 Å². The molecule has 3 rings (SSSR count). The van der Waals surface area contributed by atoms with Gasteiger partial charge in [0.2, 0.25) is 5.95 Å². The van der Waals surface area contributed by atoms with Crippen molar-refractivity contribution in [3.05, 3.63) is 53.0 Å². The van der Waals surface area contributed by atoms with Crippen molar-refractivity contribution in [2.45, 2.75) is 32.2 Å². The van der Waals surface area contributed by atoms with Gasteiger partial charge in [-0.2, -0.15) is 4.39 Å². The Bertz CT molecular complexity index is 657. The number of hydrogen-bond acceptors (Lipinski definition) is 3. The highest BCUT2D eigenvalue weighted by atomic mass is 19.1. The lowest BCUT2D eigenvalue weighted by Crippen LogP contribution is -2.09. The third-order valence-electron chi connectivity index (χ3n) is 3.95. The molecule has 104 valence electrons. The normalized spacial score (nSPS) is 20.8. The van der Waals surface area contributed by atoms with Gasteiger partial charge in [0.25, 0.3) is 0 Å². The molecule has 0 saturated heterocycles. The maximum absolute atomic E-state index is 13.2. The summed E-state index contributed by atoms with van der Waals surface area (Å²) in [5.74, 6) is 0.651. The Morgan fingerprint density at radius 1 is 1.25 bits per heavy atom. The number of pyridine rings is 1. The van der Waals surface area contributed by atoms with Gasteiger partial charge in [-0.15, -0.1) is 0 Å². The van der Waals surface area contributed by atoms with E-state index in [1.165, 1.54) is 17.2 Å². The maximum atomic E-state index is 13.2. The molecule has 0 bridgehead atoms. The quantitative estimate of drug-likeness (QED) is 0.815. The van der Waals surface area contributed by atoms with E-state index in [0.717, 1.165) is 12.0 Å². The number of halogens is 1. The van der Waals surface area contributed by atoms with Crippen LogP contribution in [0.4, 0.5) is 10.2 Å². The summed E-state index contributed by atoms with van der Waals surface area (Å²) in [7, 11) is 0. The zero-order chi connectivity index (χ0) is 14.3. The molecule has 3 nitrogen and oxygen atoms in total. The zero-order valence-electron chi connectivity index (χ0n) is 11.5. The molecule has 0 spiro atoms. The number of benzene rings is 1. The lowest BCUT2D eigenvalue weighted by molar-refractivity contribution is 0.465. The topological polar surface area (TPSA) is 45.1 Å². The Hall–Kier alpha value is -2.10. The van der Waals surface area contributed by atoms with Gasteiger partial charge in [-0.05, 0) is 48.6 Å². The van der Waals surface area contributed by atoms with Gasteiger partial charge in [0, 0.05) is 5.56 Å². The zero-order valence-corrected chi connectivity index (χ0v) is 11.5. The first-order valence-electron chi connectivity index (χ1n) is 6.77. The molecule has 0 aliphatic heterocycles. The molecular formula is C16H17FN2O. The minimum absolute atomic E-state index is 0.0331. The van der Waals surface area contributed by atoms with Crippen molar-refractivity contribution < 1.29 is 9.50 Å². The lowest BCUT2D eigenvalue weighted by atomic mass is 9.97. The number of nitrogens with zero attached hydrogens (tertiary/aromatic N) is 1. The highest BCUT2D eigenvalue weighted by Crippen LogP contribution is 2.47. The van der Waals surface area contributed by atoms with E-state index in [1.807, 2.05) is 6.07 Å². The molecule has 0 radical (unpaired) electrons. The Morgan fingerprint density at radius 3 is 2.80 bits per heavy atom. The summed E-state index contributed by atoms with van der Waals surface area (Å²) in [5, 5.41) is 13.4. The fourth-order valence-electron chi connectivity index (χ4n) is 3.14. The van der Waals surface area contributed by atoms with Gasteiger partial charge >= 0.3 is 0 Å². The minimum atomic E-state index is -0.505. The predicted molar refractivity (Wildman–Crippen MR) is 76.4 cm³/mol. The van der Waals surface area contributed by atoms with Crippen molar-refractivity contribution in [2.75, 3.05) is 5.32 Å². The molecule has 2 unspecified atom stereocenters. The van der Waals surface area contributed by atoms with E-state index < -0.39 is 5.95 Å². The van der Waals surface area contributed by atoms with Gasteiger partial charge in [-0.3, -0.25) is 0 Å². The van der Waals surface area contributed by atoms with Crippen molar-refractivity contribution in [1.29, 1.82) is 0 Å². The molecule has 20 heavy (non-hydrogen) atoms. The number of phenolic OH excluding ortho intramolecular Hbond substituents is 1. The molecule has 1 aromatic carbocycles. The summed E-state index contributed by atoms with van der Waals surface area (Å²) >= 11 is 0. The van der Waals surface area contributed by atoms with Crippen molar-refractivity contribution in [1.82, 2.24) is 4.98 Å². The molecule has 0 fully saturated rings. The number of aromatic nitrogens is 1. The Morgan fingerprint density at radius 2 is 2.05 bits per heavy atom. The van der Waals surface area contributed by atoms with Crippen LogP contribution in [0.5, 0.6) is 5.75 Å². The smallest absolute Gasteiger partial charge is 0.214 e. The van der Waals surface area contributed by atoms with Crippen molar-refractivity contribution in [3.63, 3.8) is 0 Å². The molecule has 1 aliphatic rings. The molecule has 0 amide bonds. The maximum Gasteiger partial charge on any atom is 0.214 e. The van der Waals surface area contributed by atoms with Crippen LogP contribution in [0, 0.1) is 12.9 Å². The SMILES string of the molecule is Cc1ccc(O)c2c1C(C)CC2Nc1cccc(F)n1. The van der Waals surface area contributed by atoms with E-state index in [4.69, 9.17) is 0 Å². The Labute approximate surface area is 117 Å². The Balaban J connectivity index is 1.97.